The highest BCUT2D eigenvalue weighted by Gasteiger charge is 2.36. The van der Waals surface area contributed by atoms with Crippen molar-refractivity contribution in [1.29, 1.82) is 0 Å². The molecule has 2 rings (SSSR count). The first-order chi connectivity index (χ1) is 8.99. The van der Waals surface area contributed by atoms with Gasteiger partial charge in [-0.25, -0.2) is 0 Å². The first kappa shape index (κ1) is 13.8. The van der Waals surface area contributed by atoms with Crippen LogP contribution in [0.5, 0.6) is 0 Å². The summed E-state index contributed by atoms with van der Waals surface area (Å²) in [5.41, 5.74) is 0.349. The third-order valence-electron chi connectivity index (χ3n) is 2.85. The zero-order chi connectivity index (χ0) is 14.0. The number of anilines is 1. The second kappa shape index (κ2) is 5.56. The van der Waals surface area contributed by atoms with Crippen molar-refractivity contribution in [2.75, 3.05) is 11.4 Å². The van der Waals surface area contributed by atoms with E-state index in [4.69, 9.17) is 5.11 Å². The molecule has 1 aliphatic rings. The van der Waals surface area contributed by atoms with E-state index in [0.717, 1.165) is 0 Å². The number of hydrogen-bond donors (Lipinski definition) is 1. The van der Waals surface area contributed by atoms with Crippen molar-refractivity contribution in [1.82, 2.24) is 0 Å². The van der Waals surface area contributed by atoms with Gasteiger partial charge in [-0.15, -0.1) is 0 Å². The molecule has 1 aromatic carbocycles. The molecule has 1 aromatic rings. The second-order valence-electron chi connectivity index (χ2n) is 4.09. The summed E-state index contributed by atoms with van der Waals surface area (Å²) in [6.07, 6.45) is -0.0942. The van der Waals surface area contributed by atoms with Gasteiger partial charge in [0.2, 0.25) is 5.91 Å². The average molecular weight is 287 g/mol. The monoisotopic (exact) mass is 287 g/mol. The molecule has 0 aromatic heterocycles. The van der Waals surface area contributed by atoms with E-state index in [0.29, 0.717) is 17.4 Å². The van der Waals surface area contributed by atoms with Crippen molar-refractivity contribution in [3.63, 3.8) is 0 Å². The van der Waals surface area contributed by atoms with Crippen molar-refractivity contribution >= 4 is 29.3 Å². The van der Waals surface area contributed by atoms with Gasteiger partial charge in [-0.3, -0.25) is 9.59 Å². The maximum Gasteiger partial charge on any atom is 0.308 e. The van der Waals surface area contributed by atoms with Crippen LogP contribution in [0.25, 0.3) is 0 Å². The number of carboxylic acid groups (broad SMARTS) is 1. The molecule has 1 fully saturated rings. The predicted molar refractivity (Wildman–Crippen MR) is 66.4 cm³/mol. The number of benzene rings is 1. The van der Waals surface area contributed by atoms with Crippen LogP contribution in [0.4, 0.5) is 14.5 Å². The summed E-state index contributed by atoms with van der Waals surface area (Å²) in [6.45, 7) is 0.0228. The van der Waals surface area contributed by atoms with Crippen molar-refractivity contribution < 1.29 is 23.5 Å². The number of nitrogens with zero attached hydrogens (tertiary/aromatic N) is 1. The van der Waals surface area contributed by atoms with Crippen LogP contribution in [-0.2, 0) is 9.59 Å². The van der Waals surface area contributed by atoms with Crippen LogP contribution in [0.2, 0.25) is 0 Å². The third-order valence-corrected chi connectivity index (χ3v) is 3.62. The first-order valence-electron chi connectivity index (χ1n) is 5.56. The van der Waals surface area contributed by atoms with Crippen LogP contribution in [0, 0.1) is 5.92 Å². The fraction of sp³-hybridized carbons (Fsp3) is 0.333. The van der Waals surface area contributed by atoms with E-state index < -0.39 is 17.6 Å². The molecule has 19 heavy (non-hydrogen) atoms. The number of halogens is 2. The van der Waals surface area contributed by atoms with Gasteiger partial charge >= 0.3 is 5.97 Å². The van der Waals surface area contributed by atoms with Crippen LogP contribution in [0.15, 0.2) is 29.2 Å². The van der Waals surface area contributed by atoms with Crippen molar-refractivity contribution in [2.24, 2.45) is 5.92 Å². The molecule has 0 radical (unpaired) electrons. The lowest BCUT2D eigenvalue weighted by atomic mass is 10.1. The molecule has 102 valence electrons. The topological polar surface area (TPSA) is 57.6 Å². The average Bonchev–Trinajstić information content (AvgIpc) is 2.71. The summed E-state index contributed by atoms with van der Waals surface area (Å²) in [5, 5.41) is 8.91. The molecule has 1 aliphatic heterocycles. The predicted octanol–water partition coefficient (Wildman–Crippen LogP) is 2.44. The Morgan fingerprint density at radius 3 is 2.68 bits per heavy atom. The van der Waals surface area contributed by atoms with Crippen molar-refractivity contribution in [3.8, 4) is 0 Å². The molecular formula is C12H11F2NO3S. The van der Waals surface area contributed by atoms with Crippen LogP contribution < -0.4 is 4.90 Å². The molecule has 1 N–H and O–H groups in total. The first-order valence-corrected chi connectivity index (χ1v) is 6.44. The Bertz CT molecular complexity index is 510. The molecule has 1 atom stereocenters. The molecule has 0 aliphatic carbocycles. The minimum Gasteiger partial charge on any atom is -0.481 e. The number of rotatable bonds is 4. The molecule has 1 unspecified atom stereocenters. The van der Waals surface area contributed by atoms with E-state index in [1.54, 1.807) is 18.2 Å². The fourth-order valence-corrected chi connectivity index (χ4v) is 2.63. The van der Waals surface area contributed by atoms with E-state index >= 15 is 0 Å². The molecule has 0 saturated carbocycles. The van der Waals surface area contributed by atoms with Gasteiger partial charge in [0.1, 0.15) is 0 Å². The zero-order valence-electron chi connectivity index (χ0n) is 9.75. The fourth-order valence-electron chi connectivity index (χ4n) is 1.98. The van der Waals surface area contributed by atoms with Gasteiger partial charge in [0.15, 0.2) is 0 Å². The number of carbonyl (C=O) groups is 2. The Hall–Kier alpha value is -1.63. The maximum absolute atomic E-state index is 12.5. The Morgan fingerprint density at radius 1 is 1.42 bits per heavy atom. The molecule has 4 nitrogen and oxygen atoms in total. The zero-order valence-corrected chi connectivity index (χ0v) is 10.6. The SMILES string of the molecule is O=C(O)C1CC(=O)N(c2ccccc2SC(F)F)C1. The molecular weight excluding hydrogens is 276 g/mol. The summed E-state index contributed by atoms with van der Waals surface area (Å²) < 4.78 is 24.9. The summed E-state index contributed by atoms with van der Waals surface area (Å²) >= 11 is 0.349. The van der Waals surface area contributed by atoms with E-state index in [1.165, 1.54) is 11.0 Å². The van der Waals surface area contributed by atoms with Crippen LogP contribution >= 0.6 is 11.8 Å². The summed E-state index contributed by atoms with van der Waals surface area (Å²) in [7, 11) is 0. The lowest BCUT2D eigenvalue weighted by molar-refractivity contribution is -0.141. The highest BCUT2D eigenvalue weighted by atomic mass is 32.2. The summed E-state index contributed by atoms with van der Waals surface area (Å²) in [5.74, 6) is -4.77. The molecule has 0 bridgehead atoms. The van der Waals surface area contributed by atoms with Crippen molar-refractivity contribution in [3.05, 3.63) is 24.3 Å². The van der Waals surface area contributed by atoms with Gasteiger partial charge < -0.3 is 10.0 Å². The Morgan fingerprint density at radius 2 is 2.11 bits per heavy atom. The van der Waals surface area contributed by atoms with Crippen molar-refractivity contribution in [2.45, 2.75) is 17.1 Å². The Labute approximate surface area is 112 Å². The molecule has 1 amide bonds. The van der Waals surface area contributed by atoms with Gasteiger partial charge in [-0.1, -0.05) is 23.9 Å². The quantitative estimate of drug-likeness (QED) is 0.864. The van der Waals surface area contributed by atoms with E-state index in [2.05, 4.69) is 0 Å². The second-order valence-corrected chi connectivity index (χ2v) is 5.12. The van der Waals surface area contributed by atoms with Gasteiger partial charge in [-0.05, 0) is 12.1 Å². The summed E-state index contributed by atoms with van der Waals surface area (Å²) in [6, 6.07) is 6.27. The smallest absolute Gasteiger partial charge is 0.308 e. The molecule has 0 spiro atoms. The summed E-state index contributed by atoms with van der Waals surface area (Å²) in [4.78, 5) is 24.2. The standard InChI is InChI=1S/C12H11F2NO3S/c13-12(14)19-9-4-2-1-3-8(9)15-6-7(11(17)18)5-10(15)16/h1-4,7,12H,5-6H2,(H,17,18). The molecule has 1 saturated heterocycles. The van der Waals surface area contributed by atoms with Gasteiger partial charge in [0.05, 0.1) is 11.6 Å². The highest BCUT2D eigenvalue weighted by Crippen LogP contribution is 2.36. The van der Waals surface area contributed by atoms with E-state index in [9.17, 15) is 18.4 Å². The number of carbonyl (C=O) groups excluding carboxylic acids is 1. The molecule has 7 heteroatoms. The molecule has 1 heterocycles. The lowest BCUT2D eigenvalue weighted by Crippen LogP contribution is -2.26. The lowest BCUT2D eigenvalue weighted by Gasteiger charge is -2.19. The number of hydrogen-bond acceptors (Lipinski definition) is 3. The van der Waals surface area contributed by atoms with Gasteiger partial charge in [-0.2, -0.15) is 8.78 Å². The number of thioether (sulfide) groups is 1. The Balaban J connectivity index is 2.27. The third kappa shape index (κ3) is 3.04. The van der Waals surface area contributed by atoms with Crippen LogP contribution in [0.1, 0.15) is 6.42 Å². The van der Waals surface area contributed by atoms with Gasteiger partial charge in [0, 0.05) is 17.9 Å². The number of carboxylic acids is 1. The Kier molecular flexibility index (Phi) is 4.04. The minimum atomic E-state index is -2.59. The van der Waals surface area contributed by atoms with Gasteiger partial charge in [0.25, 0.3) is 5.76 Å². The normalized spacial score (nSPS) is 19.2. The van der Waals surface area contributed by atoms with Crippen LogP contribution in [-0.4, -0.2) is 29.3 Å². The minimum absolute atomic E-state index is 0.0228. The van der Waals surface area contributed by atoms with Crippen LogP contribution in [0.3, 0.4) is 0 Å². The largest absolute Gasteiger partial charge is 0.481 e. The highest BCUT2D eigenvalue weighted by molar-refractivity contribution is 7.99. The van der Waals surface area contributed by atoms with E-state index in [-0.39, 0.29) is 23.8 Å². The number of para-hydroxylation sites is 1. The number of alkyl halides is 2. The number of aliphatic carboxylic acids is 1. The number of amides is 1. The maximum atomic E-state index is 12.5. The van der Waals surface area contributed by atoms with E-state index in [1.807, 2.05) is 0 Å².